The lowest BCUT2D eigenvalue weighted by atomic mass is 10.00. The molecule has 0 spiro atoms. The summed E-state index contributed by atoms with van der Waals surface area (Å²) in [5, 5.41) is 11.7. The number of hydrogen-bond acceptors (Lipinski definition) is 3. The summed E-state index contributed by atoms with van der Waals surface area (Å²) in [6.45, 7) is 0.495. The van der Waals surface area contributed by atoms with E-state index in [0.29, 0.717) is 35.3 Å². The van der Waals surface area contributed by atoms with Crippen LogP contribution < -0.4 is 10.1 Å². The molecule has 17 heavy (non-hydrogen) atoms. The van der Waals surface area contributed by atoms with Crippen molar-refractivity contribution in [1.29, 1.82) is 0 Å². The number of anilines is 1. The zero-order valence-electron chi connectivity index (χ0n) is 8.83. The number of carbonyl (C=O) groups is 2. The first kappa shape index (κ1) is 11.9. The molecule has 0 atom stereocenters. The van der Waals surface area contributed by atoms with Crippen LogP contribution >= 0.6 is 15.9 Å². The Labute approximate surface area is 106 Å². The molecule has 1 aliphatic heterocycles. The molecule has 2 N–H and O–H groups in total. The molecule has 0 aliphatic carbocycles. The highest BCUT2D eigenvalue weighted by molar-refractivity contribution is 9.10. The van der Waals surface area contributed by atoms with Gasteiger partial charge in [0, 0.05) is 10.0 Å². The van der Waals surface area contributed by atoms with E-state index in [1.54, 1.807) is 0 Å². The molecule has 1 aliphatic rings. The summed E-state index contributed by atoms with van der Waals surface area (Å²) in [7, 11) is 0. The van der Waals surface area contributed by atoms with Gasteiger partial charge in [-0.3, -0.25) is 4.79 Å². The molecule has 2 rings (SSSR count). The van der Waals surface area contributed by atoms with E-state index < -0.39 is 5.97 Å². The van der Waals surface area contributed by atoms with E-state index in [-0.39, 0.29) is 5.56 Å². The molecule has 0 fully saturated rings. The quantitative estimate of drug-likeness (QED) is 0.838. The second kappa shape index (κ2) is 4.75. The van der Waals surface area contributed by atoms with Crippen LogP contribution in [0, 0.1) is 0 Å². The minimum absolute atomic E-state index is 0.114. The van der Waals surface area contributed by atoms with E-state index in [1.807, 2.05) is 0 Å². The van der Waals surface area contributed by atoms with Gasteiger partial charge in [-0.1, -0.05) is 0 Å². The fourth-order valence-corrected chi connectivity index (χ4v) is 2.47. The van der Waals surface area contributed by atoms with Gasteiger partial charge in [0.15, 0.2) is 0 Å². The van der Waals surface area contributed by atoms with Crippen molar-refractivity contribution in [1.82, 2.24) is 0 Å². The number of carbonyl (C=O) groups excluding carboxylic acids is 1. The van der Waals surface area contributed by atoms with Gasteiger partial charge in [0.2, 0.25) is 6.41 Å². The van der Waals surface area contributed by atoms with Gasteiger partial charge in [0.1, 0.15) is 11.3 Å². The summed E-state index contributed by atoms with van der Waals surface area (Å²) < 4.78 is 5.95. The Bertz CT molecular complexity index is 487. The maximum Gasteiger partial charge on any atom is 0.339 e. The first-order chi connectivity index (χ1) is 8.15. The van der Waals surface area contributed by atoms with Crippen molar-refractivity contribution in [2.45, 2.75) is 12.8 Å². The van der Waals surface area contributed by atoms with Crippen LogP contribution in [0.4, 0.5) is 5.69 Å². The van der Waals surface area contributed by atoms with E-state index in [1.165, 1.54) is 6.07 Å². The van der Waals surface area contributed by atoms with Crippen LogP contribution in [-0.4, -0.2) is 24.1 Å². The van der Waals surface area contributed by atoms with Crippen LogP contribution in [-0.2, 0) is 11.2 Å². The Hall–Kier alpha value is -1.56. The molecule has 0 bridgehead atoms. The molecule has 6 heteroatoms. The lowest BCUT2D eigenvalue weighted by molar-refractivity contribution is -0.105. The third-order valence-corrected chi connectivity index (χ3v) is 3.21. The minimum Gasteiger partial charge on any atom is -0.492 e. The average molecular weight is 300 g/mol. The number of hydrogen-bond donors (Lipinski definition) is 2. The smallest absolute Gasteiger partial charge is 0.339 e. The van der Waals surface area contributed by atoms with Crippen molar-refractivity contribution in [3.63, 3.8) is 0 Å². The molecule has 0 saturated heterocycles. The molecular weight excluding hydrogens is 290 g/mol. The van der Waals surface area contributed by atoms with Gasteiger partial charge in [-0.15, -0.1) is 0 Å². The van der Waals surface area contributed by atoms with Gasteiger partial charge >= 0.3 is 5.97 Å². The van der Waals surface area contributed by atoms with Gasteiger partial charge in [0.25, 0.3) is 0 Å². The second-order valence-corrected chi connectivity index (χ2v) is 4.46. The highest BCUT2D eigenvalue weighted by Crippen LogP contribution is 2.39. The van der Waals surface area contributed by atoms with E-state index >= 15 is 0 Å². The van der Waals surface area contributed by atoms with Crippen molar-refractivity contribution in [3.8, 4) is 5.75 Å². The Morgan fingerprint density at radius 2 is 2.35 bits per heavy atom. The number of aromatic carboxylic acids is 1. The predicted octanol–water partition coefficient (Wildman–Crippen LogP) is 2.04. The maximum absolute atomic E-state index is 11.1. The monoisotopic (exact) mass is 299 g/mol. The molecule has 1 heterocycles. The number of rotatable bonds is 3. The summed E-state index contributed by atoms with van der Waals surface area (Å²) in [6.07, 6.45) is 2.05. The van der Waals surface area contributed by atoms with Gasteiger partial charge in [-0.05, 0) is 34.8 Å². The standard InChI is InChI=1S/C11H10BrNO4/c12-8-4-7(11(15)16)10-6(2-1-3-17-10)9(8)13-5-14/h4-5H,1-3H2,(H,13,14)(H,15,16). The Morgan fingerprint density at radius 3 is 3.00 bits per heavy atom. The number of benzene rings is 1. The van der Waals surface area contributed by atoms with Crippen molar-refractivity contribution in [2.24, 2.45) is 0 Å². The van der Waals surface area contributed by atoms with E-state index in [2.05, 4.69) is 21.2 Å². The van der Waals surface area contributed by atoms with Crippen LogP contribution in [0.5, 0.6) is 5.75 Å². The fourth-order valence-electron chi connectivity index (χ4n) is 1.89. The van der Waals surface area contributed by atoms with Crippen LogP contribution in [0.1, 0.15) is 22.3 Å². The highest BCUT2D eigenvalue weighted by Gasteiger charge is 2.24. The number of halogens is 1. The van der Waals surface area contributed by atoms with Crippen LogP contribution in [0.15, 0.2) is 10.5 Å². The van der Waals surface area contributed by atoms with E-state index in [0.717, 1.165) is 12.0 Å². The third-order valence-electron chi connectivity index (χ3n) is 2.58. The lowest BCUT2D eigenvalue weighted by Crippen LogP contribution is -2.15. The van der Waals surface area contributed by atoms with Gasteiger partial charge in [0.05, 0.1) is 12.3 Å². The molecule has 5 nitrogen and oxygen atoms in total. The summed E-state index contributed by atoms with van der Waals surface area (Å²) in [4.78, 5) is 21.6. The topological polar surface area (TPSA) is 75.6 Å². The van der Waals surface area contributed by atoms with Crippen molar-refractivity contribution >= 4 is 34.0 Å². The number of ether oxygens (including phenoxy) is 1. The van der Waals surface area contributed by atoms with Gasteiger partial charge in [-0.2, -0.15) is 0 Å². The molecule has 1 amide bonds. The normalized spacial score (nSPS) is 13.5. The van der Waals surface area contributed by atoms with Crippen LogP contribution in [0.25, 0.3) is 0 Å². The molecule has 0 aromatic heterocycles. The number of carboxylic acid groups (broad SMARTS) is 1. The highest BCUT2D eigenvalue weighted by atomic mass is 79.9. The van der Waals surface area contributed by atoms with Crippen LogP contribution in [0.2, 0.25) is 0 Å². The molecule has 90 valence electrons. The molecule has 0 unspecified atom stereocenters. The number of fused-ring (bicyclic) bond motifs is 1. The molecule has 0 saturated carbocycles. The third kappa shape index (κ3) is 2.12. The molecule has 0 radical (unpaired) electrons. The van der Waals surface area contributed by atoms with Crippen molar-refractivity contribution < 1.29 is 19.4 Å². The zero-order chi connectivity index (χ0) is 12.4. The number of nitrogens with one attached hydrogen (secondary N) is 1. The molecule has 1 aromatic rings. The average Bonchev–Trinajstić information content (AvgIpc) is 2.32. The number of carboxylic acids is 1. The first-order valence-electron chi connectivity index (χ1n) is 5.06. The largest absolute Gasteiger partial charge is 0.492 e. The van der Waals surface area contributed by atoms with Crippen LogP contribution in [0.3, 0.4) is 0 Å². The van der Waals surface area contributed by atoms with Crippen molar-refractivity contribution in [2.75, 3.05) is 11.9 Å². The molecular formula is C11H10BrNO4. The summed E-state index contributed by atoms with van der Waals surface area (Å²) >= 11 is 3.26. The van der Waals surface area contributed by atoms with E-state index in [4.69, 9.17) is 9.84 Å². The van der Waals surface area contributed by atoms with Crippen molar-refractivity contribution in [3.05, 3.63) is 21.7 Å². The summed E-state index contributed by atoms with van der Waals surface area (Å²) in [5.41, 5.74) is 1.43. The Morgan fingerprint density at radius 1 is 1.59 bits per heavy atom. The Balaban J connectivity index is 2.64. The van der Waals surface area contributed by atoms with Gasteiger partial charge < -0.3 is 15.2 Å². The minimum atomic E-state index is -1.04. The maximum atomic E-state index is 11.1. The lowest BCUT2D eigenvalue weighted by Gasteiger charge is -2.22. The fraction of sp³-hybridized carbons (Fsp3) is 0.273. The summed E-state index contributed by atoms with van der Waals surface area (Å²) in [5.74, 6) is -0.683. The summed E-state index contributed by atoms with van der Waals surface area (Å²) in [6, 6.07) is 1.44. The SMILES string of the molecule is O=CNc1c(Br)cc(C(=O)O)c2c1CCCO2. The second-order valence-electron chi connectivity index (χ2n) is 3.61. The molecule has 1 aromatic carbocycles. The Kier molecular flexibility index (Phi) is 3.33. The van der Waals surface area contributed by atoms with Gasteiger partial charge in [-0.25, -0.2) is 4.79 Å². The van der Waals surface area contributed by atoms with E-state index in [9.17, 15) is 9.59 Å². The number of amides is 1. The zero-order valence-corrected chi connectivity index (χ0v) is 10.4. The predicted molar refractivity (Wildman–Crippen MR) is 64.6 cm³/mol. The first-order valence-corrected chi connectivity index (χ1v) is 5.86.